The van der Waals surface area contributed by atoms with Crippen molar-refractivity contribution in [2.75, 3.05) is 6.54 Å². The van der Waals surface area contributed by atoms with Crippen LogP contribution in [-0.2, 0) is 11.3 Å². The minimum Gasteiger partial charge on any atom is -0.355 e. The average molecular weight is 305 g/mol. The van der Waals surface area contributed by atoms with Crippen LogP contribution in [0.5, 0.6) is 0 Å². The number of thiazole rings is 1. The molecule has 1 amide bonds. The highest BCUT2D eigenvalue weighted by atomic mass is 32.1. The molecule has 5 heteroatoms. The van der Waals surface area contributed by atoms with Gasteiger partial charge in [0.25, 0.3) is 0 Å². The highest BCUT2D eigenvalue weighted by molar-refractivity contribution is 7.09. The van der Waals surface area contributed by atoms with E-state index in [0.29, 0.717) is 6.54 Å². The van der Waals surface area contributed by atoms with Crippen LogP contribution < -0.4 is 5.32 Å². The Morgan fingerprint density at radius 2 is 2.14 bits per heavy atom. The van der Waals surface area contributed by atoms with Crippen molar-refractivity contribution >= 4 is 17.2 Å². The molecule has 114 valence electrons. The van der Waals surface area contributed by atoms with E-state index in [-0.39, 0.29) is 5.91 Å². The maximum atomic E-state index is 12.0. The number of amides is 1. The predicted molar refractivity (Wildman–Crippen MR) is 87.7 cm³/mol. The lowest BCUT2D eigenvalue weighted by molar-refractivity contribution is -0.121. The third kappa shape index (κ3) is 3.73. The quantitative estimate of drug-likeness (QED) is 0.831. The first-order valence-electron chi connectivity index (χ1n) is 7.38. The van der Waals surface area contributed by atoms with Crippen molar-refractivity contribution in [1.82, 2.24) is 14.9 Å². The molecule has 0 saturated heterocycles. The number of carbonyl (C=O) groups excluding carboxylic acids is 1. The first-order chi connectivity index (χ1) is 10.0. The zero-order chi connectivity index (χ0) is 15.4. The average Bonchev–Trinajstić information content (AvgIpc) is 2.97. The van der Waals surface area contributed by atoms with Gasteiger partial charge in [0.15, 0.2) is 0 Å². The highest BCUT2D eigenvalue weighted by Crippen LogP contribution is 2.27. The third-order valence-electron chi connectivity index (χ3n) is 3.62. The standard InChI is InChI=1S/C16H23N3OS/c1-5-6-7-17-16(20)9-19-11(2)8-14(12(19)3)15-10-21-13(4)18-15/h8,10H,5-7,9H2,1-4H3,(H,17,20). The number of aromatic nitrogens is 2. The summed E-state index contributed by atoms with van der Waals surface area (Å²) in [5, 5.41) is 6.10. The van der Waals surface area contributed by atoms with E-state index in [0.717, 1.165) is 47.0 Å². The van der Waals surface area contributed by atoms with E-state index in [4.69, 9.17) is 0 Å². The van der Waals surface area contributed by atoms with Crippen LogP contribution in [0.25, 0.3) is 11.3 Å². The van der Waals surface area contributed by atoms with Gasteiger partial charge in [-0.15, -0.1) is 11.3 Å². The molecule has 1 N–H and O–H groups in total. The van der Waals surface area contributed by atoms with Crippen molar-refractivity contribution in [1.29, 1.82) is 0 Å². The Morgan fingerprint density at radius 1 is 1.38 bits per heavy atom. The molecule has 0 saturated carbocycles. The SMILES string of the molecule is CCCCNC(=O)Cn1c(C)cc(-c2csc(C)n2)c1C. The Labute approximate surface area is 130 Å². The van der Waals surface area contributed by atoms with E-state index in [2.05, 4.69) is 40.2 Å². The van der Waals surface area contributed by atoms with Gasteiger partial charge in [0.1, 0.15) is 6.54 Å². The van der Waals surface area contributed by atoms with Crippen molar-refractivity contribution in [3.63, 3.8) is 0 Å². The number of nitrogens with zero attached hydrogens (tertiary/aromatic N) is 2. The molecule has 0 aliphatic heterocycles. The molecule has 2 aromatic rings. The van der Waals surface area contributed by atoms with Crippen molar-refractivity contribution in [2.24, 2.45) is 0 Å². The second-order valence-electron chi connectivity index (χ2n) is 5.33. The molecular formula is C16H23N3OS. The van der Waals surface area contributed by atoms with Gasteiger partial charge >= 0.3 is 0 Å². The topological polar surface area (TPSA) is 46.9 Å². The van der Waals surface area contributed by atoms with Crippen LogP contribution in [0.3, 0.4) is 0 Å². The molecule has 2 rings (SSSR count). The van der Waals surface area contributed by atoms with Crippen LogP contribution in [0.2, 0.25) is 0 Å². The maximum absolute atomic E-state index is 12.0. The number of hydrogen-bond donors (Lipinski definition) is 1. The fraction of sp³-hybridized carbons (Fsp3) is 0.500. The Kier molecular flexibility index (Phi) is 5.17. The van der Waals surface area contributed by atoms with Gasteiger partial charge < -0.3 is 9.88 Å². The van der Waals surface area contributed by atoms with Crippen molar-refractivity contribution in [2.45, 2.75) is 47.1 Å². The zero-order valence-corrected chi connectivity index (χ0v) is 14.0. The van der Waals surface area contributed by atoms with Crippen LogP contribution in [-0.4, -0.2) is 22.0 Å². The molecule has 0 aliphatic rings. The lowest BCUT2D eigenvalue weighted by atomic mass is 10.2. The van der Waals surface area contributed by atoms with Crippen LogP contribution in [0.4, 0.5) is 0 Å². The molecular weight excluding hydrogens is 282 g/mol. The third-order valence-corrected chi connectivity index (χ3v) is 4.40. The van der Waals surface area contributed by atoms with Crippen molar-refractivity contribution in [3.05, 3.63) is 27.8 Å². The summed E-state index contributed by atoms with van der Waals surface area (Å²) >= 11 is 1.65. The van der Waals surface area contributed by atoms with Gasteiger partial charge in [-0.3, -0.25) is 4.79 Å². The number of aryl methyl sites for hydroxylation is 2. The fourth-order valence-electron chi connectivity index (χ4n) is 2.39. The number of unbranched alkanes of at least 4 members (excludes halogenated alkanes) is 1. The molecule has 0 spiro atoms. The summed E-state index contributed by atoms with van der Waals surface area (Å²) in [5.74, 6) is 0.0752. The lowest BCUT2D eigenvalue weighted by Gasteiger charge is -2.10. The molecule has 2 heterocycles. The largest absolute Gasteiger partial charge is 0.355 e. The molecule has 21 heavy (non-hydrogen) atoms. The first-order valence-corrected chi connectivity index (χ1v) is 8.26. The molecule has 0 bridgehead atoms. The molecule has 0 radical (unpaired) electrons. The van der Waals surface area contributed by atoms with E-state index in [1.165, 1.54) is 0 Å². The van der Waals surface area contributed by atoms with Gasteiger partial charge in [-0.25, -0.2) is 4.98 Å². The molecule has 0 unspecified atom stereocenters. The number of rotatable bonds is 6. The highest BCUT2D eigenvalue weighted by Gasteiger charge is 2.14. The summed E-state index contributed by atoms with van der Waals surface area (Å²) in [7, 11) is 0. The van der Waals surface area contributed by atoms with Gasteiger partial charge in [-0.1, -0.05) is 13.3 Å². The molecule has 0 aromatic carbocycles. The maximum Gasteiger partial charge on any atom is 0.239 e. The number of nitrogens with one attached hydrogen (secondary N) is 1. The second kappa shape index (κ2) is 6.89. The van der Waals surface area contributed by atoms with Crippen LogP contribution >= 0.6 is 11.3 Å². The van der Waals surface area contributed by atoms with Gasteiger partial charge in [-0.05, 0) is 33.3 Å². The molecule has 2 aromatic heterocycles. The van der Waals surface area contributed by atoms with E-state index in [1.807, 2.05) is 13.8 Å². The number of carbonyl (C=O) groups is 1. The van der Waals surface area contributed by atoms with E-state index in [9.17, 15) is 4.79 Å². The van der Waals surface area contributed by atoms with Crippen molar-refractivity contribution < 1.29 is 4.79 Å². The van der Waals surface area contributed by atoms with E-state index >= 15 is 0 Å². The second-order valence-corrected chi connectivity index (χ2v) is 6.39. The van der Waals surface area contributed by atoms with Crippen LogP contribution in [0.15, 0.2) is 11.4 Å². The molecule has 0 aliphatic carbocycles. The predicted octanol–water partition coefficient (Wildman–Crippen LogP) is 3.45. The molecule has 0 atom stereocenters. The summed E-state index contributed by atoms with van der Waals surface area (Å²) < 4.78 is 2.06. The minimum absolute atomic E-state index is 0.0752. The smallest absolute Gasteiger partial charge is 0.239 e. The monoisotopic (exact) mass is 305 g/mol. The summed E-state index contributed by atoms with van der Waals surface area (Å²) in [6, 6.07) is 2.11. The van der Waals surface area contributed by atoms with Gasteiger partial charge in [0, 0.05) is 28.9 Å². The van der Waals surface area contributed by atoms with E-state index < -0.39 is 0 Å². The summed E-state index contributed by atoms with van der Waals surface area (Å²) in [4.78, 5) is 16.5. The minimum atomic E-state index is 0.0752. The summed E-state index contributed by atoms with van der Waals surface area (Å²) in [6.45, 7) is 9.35. The lowest BCUT2D eigenvalue weighted by Crippen LogP contribution is -2.29. The molecule has 0 fully saturated rings. The Balaban J connectivity index is 2.14. The van der Waals surface area contributed by atoms with Gasteiger partial charge in [0.05, 0.1) is 10.7 Å². The van der Waals surface area contributed by atoms with Crippen LogP contribution in [0, 0.1) is 20.8 Å². The van der Waals surface area contributed by atoms with E-state index in [1.54, 1.807) is 11.3 Å². The zero-order valence-electron chi connectivity index (χ0n) is 13.2. The normalized spacial score (nSPS) is 10.9. The van der Waals surface area contributed by atoms with Gasteiger partial charge in [-0.2, -0.15) is 0 Å². The number of hydrogen-bond acceptors (Lipinski definition) is 3. The van der Waals surface area contributed by atoms with Crippen LogP contribution in [0.1, 0.15) is 36.2 Å². The van der Waals surface area contributed by atoms with Crippen molar-refractivity contribution in [3.8, 4) is 11.3 Å². The van der Waals surface area contributed by atoms with Gasteiger partial charge in [0.2, 0.25) is 5.91 Å². The summed E-state index contributed by atoms with van der Waals surface area (Å²) in [5.41, 5.74) is 4.32. The Bertz CT molecular complexity index is 628. The molecule has 4 nitrogen and oxygen atoms in total. The Hall–Kier alpha value is -1.62. The Morgan fingerprint density at radius 3 is 2.76 bits per heavy atom. The summed E-state index contributed by atoms with van der Waals surface area (Å²) in [6.07, 6.45) is 2.12. The fourth-order valence-corrected chi connectivity index (χ4v) is 3.01. The first kappa shape index (κ1) is 15.8.